The van der Waals surface area contributed by atoms with Crippen LogP contribution in [0.15, 0.2) is 48.5 Å². The Bertz CT molecular complexity index is 717. The molecule has 24 heavy (non-hydrogen) atoms. The van der Waals surface area contributed by atoms with Gasteiger partial charge < -0.3 is 10.8 Å². The zero-order chi connectivity index (χ0) is 16.7. The molecular weight excluding hydrogens is 320 g/mol. The quantitative estimate of drug-likeness (QED) is 0.837. The Morgan fingerprint density at radius 1 is 1.08 bits per heavy atom. The molecule has 2 fully saturated rings. The van der Waals surface area contributed by atoms with Gasteiger partial charge in [-0.3, -0.25) is 4.90 Å². The predicted molar refractivity (Wildman–Crippen MR) is 97.7 cm³/mol. The van der Waals surface area contributed by atoms with Gasteiger partial charge in [0.25, 0.3) is 0 Å². The molecule has 1 aliphatic heterocycles. The first-order valence-electron chi connectivity index (χ1n) is 8.61. The molecule has 0 radical (unpaired) electrons. The number of hydrogen-bond acceptors (Lipinski definition) is 3. The molecule has 126 valence electrons. The Morgan fingerprint density at radius 3 is 2.38 bits per heavy atom. The van der Waals surface area contributed by atoms with E-state index >= 15 is 0 Å². The first-order valence-corrected chi connectivity index (χ1v) is 8.98. The number of benzene rings is 2. The monoisotopic (exact) mass is 342 g/mol. The lowest BCUT2D eigenvalue weighted by molar-refractivity contribution is -0.0914. The van der Waals surface area contributed by atoms with Crippen LogP contribution < -0.4 is 5.73 Å². The van der Waals surface area contributed by atoms with Gasteiger partial charge in [-0.1, -0.05) is 35.9 Å². The van der Waals surface area contributed by atoms with Gasteiger partial charge in [0, 0.05) is 42.2 Å². The zero-order valence-corrected chi connectivity index (χ0v) is 14.4. The van der Waals surface area contributed by atoms with Gasteiger partial charge in [-0.15, -0.1) is 0 Å². The summed E-state index contributed by atoms with van der Waals surface area (Å²) >= 11 is 5.97. The van der Waals surface area contributed by atoms with E-state index in [-0.39, 0.29) is 11.8 Å². The van der Waals surface area contributed by atoms with Crippen molar-refractivity contribution in [2.45, 2.75) is 25.0 Å². The molecule has 2 aromatic carbocycles. The van der Waals surface area contributed by atoms with E-state index in [4.69, 9.17) is 17.3 Å². The average Bonchev–Trinajstić information content (AvgIpc) is 2.75. The molecule has 0 aromatic heterocycles. The maximum atomic E-state index is 11.5. The summed E-state index contributed by atoms with van der Waals surface area (Å²) in [5, 5.41) is 12.3. The summed E-state index contributed by atoms with van der Waals surface area (Å²) in [6, 6.07) is 15.9. The number of nitrogens with two attached hydrogens (primary N) is 1. The van der Waals surface area contributed by atoms with E-state index in [1.54, 1.807) is 0 Å². The third-order valence-corrected chi connectivity index (χ3v) is 5.99. The topological polar surface area (TPSA) is 49.5 Å². The fourth-order valence-electron chi connectivity index (χ4n) is 4.57. The van der Waals surface area contributed by atoms with Crippen molar-refractivity contribution < 1.29 is 5.11 Å². The van der Waals surface area contributed by atoms with E-state index in [0.717, 1.165) is 48.7 Å². The summed E-state index contributed by atoms with van der Waals surface area (Å²) in [4.78, 5) is 2.46. The molecule has 2 bridgehead atoms. The third-order valence-electron chi connectivity index (χ3n) is 5.73. The normalized spacial score (nSPS) is 29.8. The van der Waals surface area contributed by atoms with Crippen LogP contribution in [0, 0.1) is 11.8 Å². The van der Waals surface area contributed by atoms with Gasteiger partial charge in [0.05, 0.1) is 5.60 Å². The first kappa shape index (κ1) is 15.9. The molecule has 1 saturated carbocycles. The van der Waals surface area contributed by atoms with E-state index in [1.807, 2.05) is 36.4 Å². The average molecular weight is 343 g/mol. The number of nitrogen functional groups attached to an aromatic ring is 1. The maximum absolute atomic E-state index is 11.5. The second kappa shape index (κ2) is 6.07. The lowest BCUT2D eigenvalue weighted by atomic mass is 9.75. The van der Waals surface area contributed by atoms with E-state index in [9.17, 15) is 5.11 Å². The number of piperidine rings is 1. The first-order chi connectivity index (χ1) is 11.6. The molecule has 3 N–H and O–H groups in total. The Morgan fingerprint density at radius 2 is 1.75 bits per heavy atom. The molecule has 2 aromatic rings. The molecule has 3 nitrogen and oxygen atoms in total. The summed E-state index contributed by atoms with van der Waals surface area (Å²) in [7, 11) is 0. The van der Waals surface area contributed by atoms with Crippen LogP contribution in [0.2, 0.25) is 5.02 Å². The molecule has 4 heteroatoms. The third kappa shape index (κ3) is 2.71. The molecule has 4 rings (SSSR count). The minimum atomic E-state index is -0.730. The molecule has 1 saturated heterocycles. The van der Waals surface area contributed by atoms with Crippen LogP contribution in [-0.4, -0.2) is 23.1 Å². The van der Waals surface area contributed by atoms with E-state index in [1.165, 1.54) is 5.56 Å². The Labute approximate surface area is 148 Å². The second-order valence-corrected chi connectivity index (χ2v) is 7.68. The number of likely N-dealkylation sites (tertiary alicyclic amines) is 1. The van der Waals surface area contributed by atoms with Crippen LogP contribution >= 0.6 is 11.6 Å². The fourth-order valence-corrected chi connectivity index (χ4v) is 4.70. The van der Waals surface area contributed by atoms with Crippen molar-refractivity contribution in [3.63, 3.8) is 0 Å². The lowest BCUT2D eigenvalue weighted by Gasteiger charge is -2.45. The van der Waals surface area contributed by atoms with Gasteiger partial charge in [0.15, 0.2) is 0 Å². The smallest absolute Gasteiger partial charge is 0.0977 e. The highest BCUT2D eigenvalue weighted by Gasteiger charge is 2.53. The van der Waals surface area contributed by atoms with Crippen molar-refractivity contribution >= 4 is 17.3 Å². The number of fused-ring (bicyclic) bond motifs is 2. The maximum Gasteiger partial charge on any atom is 0.0977 e. The number of aliphatic hydroxyl groups is 1. The van der Waals surface area contributed by atoms with Gasteiger partial charge in [-0.2, -0.15) is 0 Å². The van der Waals surface area contributed by atoms with Gasteiger partial charge in [-0.25, -0.2) is 0 Å². The predicted octanol–water partition coefficient (Wildman–Crippen LogP) is 3.65. The SMILES string of the molecule is Nc1cccc(C2(O)C3CCC2CN(Cc2ccc(Cl)cc2)C3)c1. The fraction of sp³-hybridized carbons (Fsp3) is 0.400. The lowest BCUT2D eigenvalue weighted by Crippen LogP contribution is -2.51. The number of halogens is 1. The molecule has 0 amide bonds. The molecule has 2 atom stereocenters. The molecule has 1 aliphatic carbocycles. The molecule has 2 unspecified atom stereocenters. The summed E-state index contributed by atoms with van der Waals surface area (Å²) in [6.45, 7) is 2.76. The van der Waals surface area contributed by atoms with E-state index in [2.05, 4.69) is 17.0 Å². The Balaban J connectivity index is 1.54. The minimum Gasteiger partial charge on any atom is -0.399 e. The standard InChI is InChI=1S/C20H23ClN2O/c21-18-8-4-14(5-9-18)11-23-12-16-6-7-17(13-23)20(16,24)15-2-1-3-19(22)10-15/h1-5,8-10,16-17,24H,6-7,11-13,22H2. The van der Waals surface area contributed by atoms with Gasteiger partial charge in [-0.05, 0) is 48.2 Å². The van der Waals surface area contributed by atoms with Gasteiger partial charge in [0.2, 0.25) is 0 Å². The number of nitrogens with zero attached hydrogens (tertiary/aromatic N) is 1. The molecule has 2 aliphatic rings. The number of hydrogen-bond donors (Lipinski definition) is 2. The number of anilines is 1. The van der Waals surface area contributed by atoms with Crippen LogP contribution in [0.5, 0.6) is 0 Å². The largest absolute Gasteiger partial charge is 0.399 e. The minimum absolute atomic E-state index is 0.269. The number of rotatable bonds is 3. The highest BCUT2D eigenvalue weighted by atomic mass is 35.5. The van der Waals surface area contributed by atoms with Crippen molar-refractivity contribution in [1.29, 1.82) is 0 Å². The highest BCUT2D eigenvalue weighted by molar-refractivity contribution is 6.30. The second-order valence-electron chi connectivity index (χ2n) is 7.24. The van der Waals surface area contributed by atoms with Crippen LogP contribution in [0.1, 0.15) is 24.0 Å². The Kier molecular flexibility index (Phi) is 4.03. The van der Waals surface area contributed by atoms with Crippen LogP contribution in [0.3, 0.4) is 0 Å². The summed E-state index contributed by atoms with van der Waals surface area (Å²) < 4.78 is 0. The molecule has 1 heterocycles. The summed E-state index contributed by atoms with van der Waals surface area (Å²) in [5.74, 6) is 0.538. The summed E-state index contributed by atoms with van der Waals surface area (Å²) in [5.41, 5.74) is 8.20. The van der Waals surface area contributed by atoms with Gasteiger partial charge in [0.1, 0.15) is 0 Å². The van der Waals surface area contributed by atoms with Crippen LogP contribution in [0.25, 0.3) is 0 Å². The van der Waals surface area contributed by atoms with Gasteiger partial charge >= 0.3 is 0 Å². The summed E-state index contributed by atoms with van der Waals surface area (Å²) in [6.07, 6.45) is 2.15. The zero-order valence-electron chi connectivity index (χ0n) is 13.7. The van der Waals surface area contributed by atoms with E-state index < -0.39 is 5.60 Å². The van der Waals surface area contributed by atoms with Crippen molar-refractivity contribution in [3.05, 3.63) is 64.7 Å². The van der Waals surface area contributed by atoms with Crippen molar-refractivity contribution in [1.82, 2.24) is 4.90 Å². The van der Waals surface area contributed by atoms with Crippen molar-refractivity contribution in [3.8, 4) is 0 Å². The van der Waals surface area contributed by atoms with Crippen LogP contribution in [0.4, 0.5) is 5.69 Å². The van der Waals surface area contributed by atoms with E-state index in [0.29, 0.717) is 0 Å². The highest BCUT2D eigenvalue weighted by Crippen LogP contribution is 2.51. The van der Waals surface area contributed by atoms with Crippen molar-refractivity contribution in [2.24, 2.45) is 11.8 Å². The molecule has 0 spiro atoms. The molecular formula is C20H23ClN2O. The van der Waals surface area contributed by atoms with Crippen LogP contribution in [-0.2, 0) is 12.1 Å². The Hall–Kier alpha value is -1.55. The van der Waals surface area contributed by atoms with Crippen molar-refractivity contribution in [2.75, 3.05) is 18.8 Å².